The van der Waals surface area contributed by atoms with Crippen LogP contribution >= 0.6 is 13.5 Å². The number of hydrogen-bond acceptors (Lipinski definition) is 1. The van der Waals surface area contributed by atoms with Gasteiger partial charge in [0.25, 0.3) is 0 Å². The molecule has 1 nitrogen and oxygen atoms in total. The van der Waals surface area contributed by atoms with Gasteiger partial charge in [-0.25, -0.2) is 0 Å². The monoisotopic (exact) mass is 73.0 g/mol. The Morgan fingerprint density at radius 3 is 0.750 bits per heavy atom. The lowest BCUT2D eigenvalue weighted by molar-refractivity contribution is 2.13. The van der Waals surface area contributed by atoms with Crippen molar-refractivity contribution in [2.75, 3.05) is 0 Å². The molecule has 0 unspecified atom stereocenters. The van der Waals surface area contributed by atoms with E-state index in [-0.39, 0.29) is 36.5 Å². The zero-order valence-corrected chi connectivity index (χ0v) is 3.36. The van der Waals surface area contributed by atoms with Crippen LogP contribution in [-0.2, 0) is 0 Å². The van der Waals surface area contributed by atoms with E-state index in [2.05, 4.69) is 0 Å². The van der Waals surface area contributed by atoms with E-state index < -0.39 is 0 Å². The summed E-state index contributed by atoms with van der Waals surface area (Å²) >= 11 is 0. The molecule has 0 aliphatic heterocycles. The van der Waals surface area contributed by atoms with Crippen molar-refractivity contribution in [3.05, 3.63) is 0 Å². The minimum absolute atomic E-state index is 0. The summed E-state index contributed by atoms with van der Waals surface area (Å²) in [4.78, 5) is 0. The van der Waals surface area contributed by atoms with Crippen molar-refractivity contribution >= 4 is 30.3 Å². The average molecular weight is 72.7 g/mol. The summed E-state index contributed by atoms with van der Waals surface area (Å²) in [5, 5.41) is 0. The van der Waals surface area contributed by atoms with Gasteiger partial charge in [-0.2, -0.15) is 13.5 Å². The van der Waals surface area contributed by atoms with Gasteiger partial charge in [-0.15, -0.1) is 0 Å². The maximum atomic E-state index is 0. The minimum atomic E-state index is 0. The molecule has 22 valence electrons. The van der Waals surface area contributed by atoms with E-state index in [1.807, 2.05) is 0 Å². The molecule has 0 bridgehead atoms. The molecule has 0 atom stereocenters. The fourth-order valence-electron chi connectivity index (χ4n) is 0. The molecule has 0 fully saturated rings. The van der Waals surface area contributed by atoms with Crippen LogP contribution in [0, 0.1) is 0 Å². The predicted molar refractivity (Wildman–Crippen MR) is 26.9 cm³/mol. The second-order valence-electron chi connectivity index (χ2n) is 0. The zero-order valence-electron chi connectivity index (χ0n) is 2.36. The summed E-state index contributed by atoms with van der Waals surface area (Å²) in [6.45, 7) is 0. The Balaban J connectivity index is 0. The first kappa shape index (κ1) is 272. The largest absolute Gasteiger partial charge is 0.344 e. The highest BCUT2D eigenvalue weighted by Crippen LogP contribution is 0.648. The van der Waals surface area contributed by atoms with E-state index in [1.54, 1.807) is 0 Å². The molecule has 0 aromatic heterocycles. The molecule has 0 aromatic rings. The van der Waals surface area contributed by atoms with E-state index in [0.29, 0.717) is 0 Å². The Labute approximate surface area is 37.3 Å². The molecule has 0 rings (SSSR count). The highest BCUT2D eigenvalue weighted by atomic mass is 32.1. The van der Waals surface area contributed by atoms with Crippen molar-refractivity contribution < 1.29 is 0 Å². The van der Waals surface area contributed by atoms with Crippen LogP contribution < -0.4 is 6.15 Å². The standard InChI is InChI=1S/2B.H3N.H2S/h;;1H3;1H2. The topological polar surface area (TPSA) is 35.0 Å². The van der Waals surface area contributed by atoms with Gasteiger partial charge in [0.05, 0.1) is 0 Å². The predicted octanol–water partition coefficient (Wildman–Crippen LogP) is -0.487. The van der Waals surface area contributed by atoms with E-state index in [4.69, 9.17) is 0 Å². The molecule has 0 saturated carbocycles. The molecule has 0 aliphatic rings. The van der Waals surface area contributed by atoms with Crippen LogP contribution in [0.1, 0.15) is 0 Å². The highest BCUT2D eigenvalue weighted by Gasteiger charge is 0.00102. The molecule has 0 saturated heterocycles. The molecule has 6 radical (unpaired) electrons. The summed E-state index contributed by atoms with van der Waals surface area (Å²) in [6, 6.07) is 0. The second-order valence-corrected chi connectivity index (χ2v) is 0. The SMILES string of the molecule is N.S.[B].[B]. The van der Waals surface area contributed by atoms with E-state index in [9.17, 15) is 0 Å². The number of hydrogen-bond donors (Lipinski definition) is 1. The Bertz CT molecular complexity index is 6.00. The minimum Gasteiger partial charge on any atom is -0.344 e. The molecular formula is H5B2NS. The van der Waals surface area contributed by atoms with Gasteiger partial charge in [0.15, 0.2) is 0 Å². The van der Waals surface area contributed by atoms with Crippen LogP contribution in [0.15, 0.2) is 0 Å². The van der Waals surface area contributed by atoms with Crippen LogP contribution in [0.3, 0.4) is 0 Å². The molecule has 0 aliphatic carbocycles. The third-order valence-electron chi connectivity index (χ3n) is 0. The van der Waals surface area contributed by atoms with E-state index in [1.165, 1.54) is 0 Å². The van der Waals surface area contributed by atoms with Gasteiger partial charge < -0.3 is 6.15 Å². The smallest absolute Gasteiger partial charge is 0 e. The van der Waals surface area contributed by atoms with Crippen molar-refractivity contribution in [3.8, 4) is 0 Å². The summed E-state index contributed by atoms with van der Waals surface area (Å²) in [5.41, 5.74) is 0. The first-order valence-electron chi connectivity index (χ1n) is 0. The van der Waals surface area contributed by atoms with E-state index in [0.717, 1.165) is 0 Å². The first-order valence-corrected chi connectivity index (χ1v) is 0. The molecule has 4 heteroatoms. The Hall–Kier alpha value is 0.440. The molecule has 0 heterocycles. The van der Waals surface area contributed by atoms with Gasteiger partial charge in [-0.1, -0.05) is 0 Å². The van der Waals surface area contributed by atoms with Crippen molar-refractivity contribution in [2.45, 2.75) is 0 Å². The normalized spacial score (nSPS) is 0. The van der Waals surface area contributed by atoms with Gasteiger partial charge in [-0.05, 0) is 0 Å². The molecule has 4 heavy (non-hydrogen) atoms. The lowest BCUT2D eigenvalue weighted by Crippen LogP contribution is -0.481. The number of rotatable bonds is 0. The van der Waals surface area contributed by atoms with Gasteiger partial charge >= 0.3 is 0 Å². The Morgan fingerprint density at radius 2 is 0.750 bits per heavy atom. The Morgan fingerprint density at radius 1 is 0.750 bits per heavy atom. The third kappa shape index (κ3) is 26.1. The summed E-state index contributed by atoms with van der Waals surface area (Å²) in [6.07, 6.45) is 0. The van der Waals surface area contributed by atoms with Crippen LogP contribution in [0.2, 0.25) is 0 Å². The molecular weight excluding hydrogens is 67.7 g/mol. The van der Waals surface area contributed by atoms with Crippen molar-refractivity contribution in [1.29, 1.82) is 0 Å². The summed E-state index contributed by atoms with van der Waals surface area (Å²) < 4.78 is 0. The van der Waals surface area contributed by atoms with Gasteiger partial charge in [0, 0.05) is 16.8 Å². The lowest BCUT2D eigenvalue weighted by atomic mass is 10.8. The third-order valence-corrected chi connectivity index (χ3v) is 0. The fourth-order valence-corrected chi connectivity index (χ4v) is 0. The van der Waals surface area contributed by atoms with Crippen molar-refractivity contribution in [2.24, 2.45) is 0 Å². The van der Waals surface area contributed by atoms with Crippen LogP contribution in [0.4, 0.5) is 0 Å². The first-order chi connectivity index (χ1) is 0. The Kier molecular flexibility index (Phi) is 7180. The maximum absolute atomic E-state index is 0. The van der Waals surface area contributed by atoms with Gasteiger partial charge in [0.1, 0.15) is 0 Å². The van der Waals surface area contributed by atoms with E-state index >= 15 is 0 Å². The zero-order chi connectivity index (χ0) is 0. The summed E-state index contributed by atoms with van der Waals surface area (Å²) in [5.74, 6) is 0. The maximum Gasteiger partial charge on any atom is 0 e. The van der Waals surface area contributed by atoms with Crippen LogP contribution in [0.25, 0.3) is 0 Å². The summed E-state index contributed by atoms with van der Waals surface area (Å²) in [7, 11) is 0. The highest BCUT2D eigenvalue weighted by molar-refractivity contribution is 7.59. The van der Waals surface area contributed by atoms with Crippen molar-refractivity contribution in [3.63, 3.8) is 0 Å². The fraction of sp³-hybridized carbons (Fsp3) is 0. The molecule has 0 aromatic carbocycles. The average Bonchev–Trinajstić information content (AvgIpc) is 0. The second kappa shape index (κ2) is 106. The molecule has 0 amide bonds. The van der Waals surface area contributed by atoms with Crippen molar-refractivity contribution in [1.82, 2.24) is 6.15 Å². The van der Waals surface area contributed by atoms with Crippen LogP contribution in [0.5, 0.6) is 0 Å². The van der Waals surface area contributed by atoms with Crippen LogP contribution in [-0.4, -0.2) is 16.8 Å². The van der Waals surface area contributed by atoms with Gasteiger partial charge in [0.2, 0.25) is 0 Å². The molecule has 0 spiro atoms. The quantitative estimate of drug-likeness (QED) is 0.386. The van der Waals surface area contributed by atoms with Gasteiger partial charge in [-0.3, -0.25) is 0 Å². The molecule has 3 N–H and O–H groups in total. The lowest BCUT2D eigenvalue weighted by Gasteiger charge is -0.344.